The molecule has 5 heteroatoms. The molecule has 2 aromatic rings. The largest absolute Gasteiger partial charge is 0.394 e. The van der Waals surface area contributed by atoms with Crippen LogP contribution in [0, 0.1) is 0 Å². The van der Waals surface area contributed by atoms with E-state index < -0.39 is 0 Å². The fourth-order valence-electron chi connectivity index (χ4n) is 1.88. The molecule has 0 fully saturated rings. The molecular weight excluding hydrogens is 234 g/mol. The van der Waals surface area contributed by atoms with Crippen LogP contribution in [0.5, 0.6) is 0 Å². The van der Waals surface area contributed by atoms with E-state index in [1.54, 1.807) is 17.5 Å². The second-order valence-corrected chi connectivity index (χ2v) is 4.91. The molecule has 0 aliphatic carbocycles. The van der Waals surface area contributed by atoms with Crippen LogP contribution in [-0.2, 0) is 0 Å². The molecule has 4 nitrogen and oxygen atoms in total. The quantitative estimate of drug-likeness (QED) is 0.853. The van der Waals surface area contributed by atoms with E-state index in [0.29, 0.717) is 0 Å². The van der Waals surface area contributed by atoms with Gasteiger partial charge in [0.15, 0.2) is 0 Å². The van der Waals surface area contributed by atoms with Crippen LogP contribution in [-0.4, -0.2) is 27.3 Å². The Morgan fingerprint density at radius 1 is 1.59 bits per heavy atom. The van der Waals surface area contributed by atoms with Crippen molar-refractivity contribution in [1.29, 1.82) is 0 Å². The zero-order chi connectivity index (χ0) is 12.3. The van der Waals surface area contributed by atoms with E-state index in [1.165, 1.54) is 0 Å². The van der Waals surface area contributed by atoms with E-state index in [4.69, 9.17) is 5.73 Å². The van der Waals surface area contributed by atoms with E-state index in [2.05, 4.69) is 4.98 Å². The smallest absolute Gasteiger partial charge is 0.150 e. The van der Waals surface area contributed by atoms with Crippen molar-refractivity contribution < 1.29 is 5.11 Å². The zero-order valence-corrected chi connectivity index (χ0v) is 10.6. The number of aliphatic hydroxyl groups excluding tert-OH is 1. The molecule has 0 aromatic carbocycles. The lowest BCUT2D eigenvalue weighted by atomic mass is 10.1. The second-order valence-electron chi connectivity index (χ2n) is 3.96. The highest BCUT2D eigenvalue weighted by Gasteiger charge is 2.20. The molecule has 2 atom stereocenters. The van der Waals surface area contributed by atoms with Crippen LogP contribution < -0.4 is 5.73 Å². The second kappa shape index (κ2) is 5.44. The SMILES string of the molecule is CCC(N)C(CO)n1ccnc1-c1cccs1. The average Bonchev–Trinajstić information content (AvgIpc) is 2.99. The van der Waals surface area contributed by atoms with Gasteiger partial charge < -0.3 is 15.4 Å². The summed E-state index contributed by atoms with van der Waals surface area (Å²) in [4.78, 5) is 5.45. The standard InChI is InChI=1S/C12H17N3OS/c1-2-9(13)10(8-16)15-6-5-14-12(15)11-4-3-7-17-11/h3-7,9-10,16H,2,8,13H2,1H3. The number of nitrogens with zero attached hydrogens (tertiary/aromatic N) is 2. The normalized spacial score (nSPS) is 14.8. The van der Waals surface area contributed by atoms with Gasteiger partial charge in [-0.1, -0.05) is 13.0 Å². The third kappa shape index (κ3) is 2.41. The molecule has 2 aromatic heterocycles. The van der Waals surface area contributed by atoms with Crippen molar-refractivity contribution in [3.63, 3.8) is 0 Å². The number of imidazole rings is 1. The molecular formula is C12H17N3OS. The highest BCUT2D eigenvalue weighted by molar-refractivity contribution is 7.13. The van der Waals surface area contributed by atoms with Crippen LogP contribution >= 0.6 is 11.3 Å². The molecule has 0 aliphatic rings. The van der Waals surface area contributed by atoms with Gasteiger partial charge in [-0.2, -0.15) is 0 Å². The Hall–Kier alpha value is -1.17. The van der Waals surface area contributed by atoms with Crippen molar-refractivity contribution in [3.05, 3.63) is 29.9 Å². The van der Waals surface area contributed by atoms with Gasteiger partial charge in [0, 0.05) is 18.4 Å². The van der Waals surface area contributed by atoms with Crippen LogP contribution in [0.1, 0.15) is 19.4 Å². The Kier molecular flexibility index (Phi) is 3.93. The van der Waals surface area contributed by atoms with Crippen LogP contribution in [0.3, 0.4) is 0 Å². The fourth-order valence-corrected chi connectivity index (χ4v) is 2.60. The molecule has 0 saturated heterocycles. The first-order chi connectivity index (χ1) is 8.27. The molecule has 3 N–H and O–H groups in total. The highest BCUT2D eigenvalue weighted by atomic mass is 32.1. The summed E-state index contributed by atoms with van der Waals surface area (Å²) < 4.78 is 1.97. The molecule has 0 spiro atoms. The lowest BCUT2D eigenvalue weighted by molar-refractivity contribution is 0.206. The van der Waals surface area contributed by atoms with Gasteiger partial charge in [-0.15, -0.1) is 11.3 Å². The Balaban J connectivity index is 2.35. The summed E-state index contributed by atoms with van der Waals surface area (Å²) in [7, 11) is 0. The van der Waals surface area contributed by atoms with Crippen molar-refractivity contribution in [2.24, 2.45) is 5.73 Å². The number of thiophene rings is 1. The average molecular weight is 251 g/mol. The first kappa shape index (κ1) is 12.3. The van der Waals surface area contributed by atoms with Crippen molar-refractivity contribution in [2.75, 3.05) is 6.61 Å². The Morgan fingerprint density at radius 3 is 3.00 bits per heavy atom. The molecule has 2 unspecified atom stereocenters. The summed E-state index contributed by atoms with van der Waals surface area (Å²) in [5.41, 5.74) is 6.04. The van der Waals surface area contributed by atoms with Crippen molar-refractivity contribution in [3.8, 4) is 10.7 Å². The minimum Gasteiger partial charge on any atom is -0.394 e. The van der Waals surface area contributed by atoms with Crippen LogP contribution in [0.15, 0.2) is 29.9 Å². The molecule has 0 bridgehead atoms. The van der Waals surface area contributed by atoms with Crippen LogP contribution in [0.4, 0.5) is 0 Å². The molecule has 0 aliphatic heterocycles. The van der Waals surface area contributed by atoms with E-state index in [9.17, 15) is 5.11 Å². The van der Waals surface area contributed by atoms with Gasteiger partial charge >= 0.3 is 0 Å². The predicted octanol–water partition coefficient (Wildman–Crippen LogP) is 1.88. The first-order valence-electron chi connectivity index (χ1n) is 5.71. The minimum atomic E-state index is -0.111. The van der Waals surface area contributed by atoms with Gasteiger partial charge in [-0.25, -0.2) is 4.98 Å². The maximum atomic E-state index is 9.50. The number of rotatable bonds is 5. The lowest BCUT2D eigenvalue weighted by Crippen LogP contribution is -2.34. The summed E-state index contributed by atoms with van der Waals surface area (Å²) in [5.74, 6) is 0.878. The Morgan fingerprint density at radius 2 is 2.41 bits per heavy atom. The summed E-state index contributed by atoms with van der Waals surface area (Å²) in [6, 6.07) is 3.84. The van der Waals surface area contributed by atoms with Gasteiger partial charge in [0.2, 0.25) is 0 Å². The zero-order valence-electron chi connectivity index (χ0n) is 9.78. The highest BCUT2D eigenvalue weighted by Crippen LogP contribution is 2.26. The molecule has 0 saturated carbocycles. The van der Waals surface area contributed by atoms with E-state index in [0.717, 1.165) is 17.1 Å². The summed E-state index contributed by atoms with van der Waals surface area (Å²) in [6.07, 6.45) is 4.46. The molecule has 0 amide bonds. The van der Waals surface area contributed by atoms with Gasteiger partial charge in [0.25, 0.3) is 0 Å². The first-order valence-corrected chi connectivity index (χ1v) is 6.59. The van der Waals surface area contributed by atoms with Crippen molar-refractivity contribution in [1.82, 2.24) is 9.55 Å². The number of hydrogen-bond donors (Lipinski definition) is 2. The molecule has 0 radical (unpaired) electrons. The molecule has 2 rings (SSSR count). The topological polar surface area (TPSA) is 64.1 Å². The van der Waals surface area contributed by atoms with Crippen molar-refractivity contribution in [2.45, 2.75) is 25.4 Å². The maximum absolute atomic E-state index is 9.50. The lowest BCUT2D eigenvalue weighted by Gasteiger charge is -2.23. The maximum Gasteiger partial charge on any atom is 0.150 e. The van der Waals surface area contributed by atoms with E-state index in [-0.39, 0.29) is 18.7 Å². The van der Waals surface area contributed by atoms with E-state index in [1.807, 2.05) is 35.2 Å². The fraction of sp³-hybridized carbons (Fsp3) is 0.417. The van der Waals surface area contributed by atoms with Gasteiger partial charge in [-0.3, -0.25) is 0 Å². The Bertz CT molecular complexity index is 452. The summed E-state index contributed by atoms with van der Waals surface area (Å²) in [6.45, 7) is 2.05. The number of hydrogen-bond acceptors (Lipinski definition) is 4. The monoisotopic (exact) mass is 251 g/mol. The predicted molar refractivity (Wildman–Crippen MR) is 69.9 cm³/mol. The third-order valence-electron chi connectivity index (χ3n) is 2.92. The van der Waals surface area contributed by atoms with Crippen molar-refractivity contribution >= 4 is 11.3 Å². The van der Waals surface area contributed by atoms with Gasteiger partial charge in [0.1, 0.15) is 5.82 Å². The number of aromatic nitrogens is 2. The van der Waals surface area contributed by atoms with Gasteiger partial charge in [0.05, 0.1) is 17.5 Å². The molecule has 17 heavy (non-hydrogen) atoms. The van der Waals surface area contributed by atoms with Crippen LogP contribution in [0.2, 0.25) is 0 Å². The summed E-state index contributed by atoms with van der Waals surface area (Å²) in [5, 5.41) is 11.5. The molecule has 92 valence electrons. The molecule has 2 heterocycles. The number of nitrogens with two attached hydrogens (primary N) is 1. The van der Waals surface area contributed by atoms with Gasteiger partial charge in [-0.05, 0) is 17.9 Å². The van der Waals surface area contributed by atoms with Crippen LogP contribution in [0.25, 0.3) is 10.7 Å². The Labute approximate surface area is 105 Å². The minimum absolute atomic E-state index is 0.0315. The third-order valence-corrected chi connectivity index (χ3v) is 3.79. The number of aliphatic hydroxyl groups is 1. The van der Waals surface area contributed by atoms with E-state index >= 15 is 0 Å². The summed E-state index contributed by atoms with van der Waals surface area (Å²) >= 11 is 1.64.